The second-order valence-electron chi connectivity index (χ2n) is 7.27. The average Bonchev–Trinajstić information content (AvgIpc) is 2.69. The zero-order valence-electron chi connectivity index (χ0n) is 17.3. The average molecular weight is 409 g/mol. The lowest BCUT2D eigenvalue weighted by Crippen LogP contribution is -3.13. The van der Waals surface area contributed by atoms with E-state index in [9.17, 15) is 13.2 Å². The summed E-state index contributed by atoms with van der Waals surface area (Å²) in [5.74, 6) is -0.0937. The number of nitrogens with one attached hydrogen (secondary N) is 2. The second-order valence-corrected chi connectivity index (χ2v) is 9.21. The first-order chi connectivity index (χ1) is 13.4. The van der Waals surface area contributed by atoms with Crippen LogP contribution in [0.25, 0.3) is 6.08 Å². The maximum absolute atomic E-state index is 12.5. The van der Waals surface area contributed by atoms with Crippen LogP contribution in [0.4, 0.5) is 0 Å². The number of hydrogen-bond acceptors (Lipinski definition) is 3. The van der Waals surface area contributed by atoms with Crippen LogP contribution in [0.3, 0.4) is 0 Å². The fourth-order valence-electron chi connectivity index (χ4n) is 3.66. The Morgan fingerprint density at radius 3 is 2.29 bits per heavy atom. The van der Waals surface area contributed by atoms with Gasteiger partial charge in [-0.15, -0.1) is 0 Å². The lowest BCUT2D eigenvalue weighted by atomic mass is 10.0. The zero-order valence-corrected chi connectivity index (χ0v) is 18.1. The molecule has 0 saturated carbocycles. The largest absolute Gasteiger partial charge is 0.349 e. The highest BCUT2D eigenvalue weighted by Gasteiger charge is 2.22. The summed E-state index contributed by atoms with van der Waals surface area (Å²) in [7, 11) is -3.45. The molecule has 156 valence electrons. The van der Waals surface area contributed by atoms with Gasteiger partial charge in [0.2, 0.25) is 15.9 Å². The van der Waals surface area contributed by atoms with Crippen LogP contribution < -0.4 is 10.2 Å². The fourth-order valence-corrected chi connectivity index (χ4v) is 5.12. The number of quaternary nitrogens is 1. The molecule has 1 aliphatic heterocycles. The van der Waals surface area contributed by atoms with E-state index in [1.54, 1.807) is 35.2 Å². The van der Waals surface area contributed by atoms with E-state index in [-0.39, 0.29) is 16.8 Å². The standard InChI is InChI=1S/C21H33N3O3S/c1-4-15-23-16-13-19(14-17-23)22-21(25)12-9-18-7-10-20(11-8-18)28(26,27)24(5-2)6-3/h7-12,19H,4-6,13-17H2,1-3H3,(H,22,25)/p+1/b12-9+. The van der Waals surface area contributed by atoms with E-state index in [2.05, 4.69) is 12.2 Å². The monoisotopic (exact) mass is 408 g/mol. The molecule has 1 aromatic carbocycles. The molecule has 0 radical (unpaired) electrons. The van der Waals surface area contributed by atoms with Crippen molar-refractivity contribution in [2.24, 2.45) is 0 Å². The van der Waals surface area contributed by atoms with Crippen LogP contribution >= 0.6 is 0 Å². The van der Waals surface area contributed by atoms with Crippen molar-refractivity contribution in [1.29, 1.82) is 0 Å². The Balaban J connectivity index is 1.90. The van der Waals surface area contributed by atoms with Crippen molar-refractivity contribution < 1.29 is 18.1 Å². The zero-order chi connectivity index (χ0) is 20.6. The summed E-state index contributed by atoms with van der Waals surface area (Å²) < 4.78 is 26.4. The van der Waals surface area contributed by atoms with E-state index in [0.29, 0.717) is 13.1 Å². The molecule has 0 aromatic heterocycles. The molecule has 6 nitrogen and oxygen atoms in total. The van der Waals surface area contributed by atoms with Gasteiger partial charge in [0.25, 0.3) is 0 Å². The number of benzene rings is 1. The predicted molar refractivity (Wildman–Crippen MR) is 113 cm³/mol. The number of carbonyl (C=O) groups is 1. The van der Waals surface area contributed by atoms with Gasteiger partial charge in [-0.2, -0.15) is 4.31 Å². The molecule has 0 spiro atoms. The van der Waals surface area contributed by atoms with Crippen LogP contribution in [0, 0.1) is 0 Å². The topological polar surface area (TPSA) is 70.9 Å². The molecule has 7 heteroatoms. The number of amides is 1. The molecule has 0 unspecified atom stereocenters. The third kappa shape index (κ3) is 6.15. The molecular weight excluding hydrogens is 374 g/mol. The van der Waals surface area contributed by atoms with Gasteiger partial charge in [-0.1, -0.05) is 32.9 Å². The van der Waals surface area contributed by atoms with Gasteiger partial charge < -0.3 is 10.2 Å². The molecule has 0 aliphatic carbocycles. The van der Waals surface area contributed by atoms with Crippen molar-refractivity contribution in [3.8, 4) is 0 Å². The Kier molecular flexibility index (Phi) is 8.66. The van der Waals surface area contributed by atoms with Gasteiger partial charge in [0.05, 0.1) is 24.5 Å². The lowest BCUT2D eigenvalue weighted by Gasteiger charge is -2.29. The Hall–Kier alpha value is -1.70. The van der Waals surface area contributed by atoms with Gasteiger partial charge in [-0.3, -0.25) is 4.79 Å². The van der Waals surface area contributed by atoms with E-state index in [1.807, 2.05) is 13.8 Å². The summed E-state index contributed by atoms with van der Waals surface area (Å²) >= 11 is 0. The summed E-state index contributed by atoms with van der Waals surface area (Å²) in [4.78, 5) is 14.1. The minimum absolute atomic E-state index is 0.0937. The van der Waals surface area contributed by atoms with E-state index in [0.717, 1.165) is 31.5 Å². The summed E-state index contributed by atoms with van der Waals surface area (Å²) in [5.41, 5.74) is 0.802. The number of hydrogen-bond donors (Lipinski definition) is 2. The molecule has 1 fully saturated rings. The number of piperidine rings is 1. The summed E-state index contributed by atoms with van der Waals surface area (Å²) in [5, 5.41) is 3.08. The number of rotatable bonds is 9. The highest BCUT2D eigenvalue weighted by molar-refractivity contribution is 7.89. The van der Waals surface area contributed by atoms with Crippen LogP contribution in [0.15, 0.2) is 35.2 Å². The first kappa shape index (κ1) is 22.6. The molecule has 1 heterocycles. The summed E-state index contributed by atoms with van der Waals surface area (Å²) in [6.45, 7) is 10.2. The predicted octanol–water partition coefficient (Wildman–Crippen LogP) is 1.30. The second kappa shape index (κ2) is 10.7. The normalized spacial score (nSPS) is 20.6. The van der Waals surface area contributed by atoms with E-state index < -0.39 is 10.0 Å². The van der Waals surface area contributed by atoms with Crippen LogP contribution in [0.1, 0.15) is 45.6 Å². The maximum Gasteiger partial charge on any atom is 0.244 e. The highest BCUT2D eigenvalue weighted by atomic mass is 32.2. The molecular formula is C21H34N3O3S+. The van der Waals surface area contributed by atoms with Crippen molar-refractivity contribution in [1.82, 2.24) is 9.62 Å². The maximum atomic E-state index is 12.5. The number of likely N-dealkylation sites (tertiary alicyclic amines) is 1. The lowest BCUT2D eigenvalue weighted by molar-refractivity contribution is -0.905. The minimum Gasteiger partial charge on any atom is -0.349 e. The summed E-state index contributed by atoms with van der Waals surface area (Å²) in [6.07, 6.45) is 6.49. The van der Waals surface area contributed by atoms with Crippen molar-refractivity contribution in [3.63, 3.8) is 0 Å². The quantitative estimate of drug-likeness (QED) is 0.605. The van der Waals surface area contributed by atoms with Gasteiger partial charge in [0.15, 0.2) is 0 Å². The Morgan fingerprint density at radius 2 is 1.75 bits per heavy atom. The van der Waals surface area contributed by atoms with E-state index in [1.165, 1.54) is 23.3 Å². The van der Waals surface area contributed by atoms with Crippen molar-refractivity contribution >= 4 is 22.0 Å². The van der Waals surface area contributed by atoms with Crippen LogP contribution in [-0.4, -0.2) is 57.4 Å². The van der Waals surface area contributed by atoms with Crippen LogP contribution in [0.5, 0.6) is 0 Å². The van der Waals surface area contributed by atoms with Crippen molar-refractivity contribution in [2.45, 2.75) is 51.0 Å². The first-order valence-electron chi connectivity index (χ1n) is 10.3. The van der Waals surface area contributed by atoms with Gasteiger partial charge in [-0.25, -0.2) is 8.42 Å². The first-order valence-corrected chi connectivity index (χ1v) is 11.8. The SMILES string of the molecule is CCC[NH+]1CCC(NC(=O)/C=C/c2ccc(S(=O)(=O)N(CC)CC)cc2)CC1. The van der Waals surface area contributed by atoms with Gasteiger partial charge >= 0.3 is 0 Å². The van der Waals surface area contributed by atoms with E-state index in [4.69, 9.17) is 0 Å². The number of nitrogens with zero attached hydrogens (tertiary/aromatic N) is 1. The fraction of sp³-hybridized carbons (Fsp3) is 0.571. The van der Waals surface area contributed by atoms with E-state index >= 15 is 0 Å². The molecule has 2 rings (SSSR count). The molecule has 1 aliphatic rings. The minimum atomic E-state index is -3.45. The summed E-state index contributed by atoms with van der Waals surface area (Å²) in [6, 6.07) is 6.90. The number of sulfonamides is 1. The third-order valence-corrected chi connectivity index (χ3v) is 7.36. The molecule has 1 saturated heterocycles. The molecule has 1 aromatic rings. The van der Waals surface area contributed by atoms with Crippen molar-refractivity contribution in [2.75, 3.05) is 32.7 Å². The molecule has 1 amide bonds. The molecule has 0 bridgehead atoms. The van der Waals surface area contributed by atoms with Crippen LogP contribution in [-0.2, 0) is 14.8 Å². The third-order valence-electron chi connectivity index (χ3n) is 5.29. The molecule has 28 heavy (non-hydrogen) atoms. The van der Waals surface area contributed by atoms with Crippen molar-refractivity contribution in [3.05, 3.63) is 35.9 Å². The highest BCUT2D eigenvalue weighted by Crippen LogP contribution is 2.16. The number of carbonyl (C=O) groups excluding carboxylic acids is 1. The van der Waals surface area contributed by atoms with Crippen LogP contribution in [0.2, 0.25) is 0 Å². The van der Waals surface area contributed by atoms with Gasteiger partial charge in [0, 0.05) is 38.0 Å². The Bertz CT molecular complexity index is 748. The molecule has 2 N–H and O–H groups in total. The van der Waals surface area contributed by atoms with Gasteiger partial charge in [-0.05, 0) is 30.2 Å². The Morgan fingerprint density at radius 1 is 1.14 bits per heavy atom. The Labute approximate surface area is 169 Å². The smallest absolute Gasteiger partial charge is 0.244 e. The molecule has 0 atom stereocenters. The van der Waals surface area contributed by atoms with Gasteiger partial charge in [0.1, 0.15) is 0 Å².